The largest absolute Gasteiger partial charge is 0.466 e. The van der Waals surface area contributed by atoms with E-state index in [2.05, 4.69) is 32.3 Å². The minimum Gasteiger partial charge on any atom is -0.466 e. The Morgan fingerprint density at radius 1 is 1.05 bits per heavy atom. The summed E-state index contributed by atoms with van der Waals surface area (Å²) < 4.78 is 5.80. The summed E-state index contributed by atoms with van der Waals surface area (Å²) in [4.78, 5) is 0. The van der Waals surface area contributed by atoms with Crippen molar-refractivity contribution in [2.75, 3.05) is 7.05 Å². The number of nitrogens with one attached hydrogen (secondary N) is 1. The molecule has 4 aliphatic rings. The van der Waals surface area contributed by atoms with Crippen molar-refractivity contribution in [3.8, 4) is 0 Å². The first kappa shape index (κ1) is 12.9. The average molecular weight is 273 g/mol. The lowest BCUT2D eigenvalue weighted by Crippen LogP contribution is -2.49. The van der Waals surface area contributed by atoms with Crippen molar-refractivity contribution in [3.63, 3.8) is 0 Å². The first-order chi connectivity index (χ1) is 9.65. The molecule has 0 radical (unpaired) electrons. The highest BCUT2D eigenvalue weighted by Gasteiger charge is 2.50. The smallest absolute Gasteiger partial charge is 0.105 e. The quantitative estimate of drug-likeness (QED) is 0.891. The summed E-state index contributed by atoms with van der Waals surface area (Å²) in [7, 11) is 2.14. The zero-order valence-corrected chi connectivity index (χ0v) is 13.0. The molecule has 4 bridgehead atoms. The van der Waals surface area contributed by atoms with Gasteiger partial charge < -0.3 is 9.73 Å². The maximum Gasteiger partial charge on any atom is 0.105 e. The lowest BCUT2D eigenvalue weighted by atomic mass is 9.50. The molecule has 0 spiro atoms. The second-order valence-corrected chi connectivity index (χ2v) is 7.64. The first-order valence-electron chi connectivity index (χ1n) is 8.40. The Morgan fingerprint density at radius 2 is 1.65 bits per heavy atom. The van der Waals surface area contributed by atoms with Crippen molar-refractivity contribution >= 4 is 0 Å². The predicted molar refractivity (Wildman–Crippen MR) is 80.5 cm³/mol. The van der Waals surface area contributed by atoms with Crippen LogP contribution in [-0.2, 0) is 0 Å². The zero-order chi connectivity index (χ0) is 13.9. The van der Waals surface area contributed by atoms with Gasteiger partial charge >= 0.3 is 0 Å². The Bertz CT molecular complexity index is 476. The molecular weight excluding hydrogens is 246 g/mol. The highest BCUT2D eigenvalue weighted by atomic mass is 16.3. The van der Waals surface area contributed by atoms with E-state index in [1.54, 1.807) is 0 Å². The van der Waals surface area contributed by atoms with Gasteiger partial charge in [0.1, 0.15) is 11.5 Å². The van der Waals surface area contributed by atoms with Crippen LogP contribution in [0.25, 0.3) is 0 Å². The molecule has 1 N–H and O–H groups in total. The summed E-state index contributed by atoms with van der Waals surface area (Å²) in [5.41, 5.74) is 1.42. The van der Waals surface area contributed by atoms with E-state index in [0.717, 1.165) is 41.1 Å². The second kappa shape index (κ2) is 4.62. The van der Waals surface area contributed by atoms with E-state index in [0.29, 0.717) is 6.04 Å². The number of furan rings is 1. The molecule has 20 heavy (non-hydrogen) atoms. The summed E-state index contributed by atoms with van der Waals surface area (Å²) in [6.07, 6.45) is 7.50. The average Bonchev–Trinajstić information content (AvgIpc) is 2.72. The van der Waals surface area contributed by atoms with E-state index in [1.165, 1.54) is 37.7 Å². The third kappa shape index (κ3) is 1.88. The molecule has 1 aromatic rings. The van der Waals surface area contributed by atoms with Crippen LogP contribution >= 0.6 is 0 Å². The second-order valence-electron chi connectivity index (χ2n) is 7.64. The molecule has 0 aliphatic heterocycles. The Kier molecular flexibility index (Phi) is 2.99. The van der Waals surface area contributed by atoms with Crippen LogP contribution in [0.15, 0.2) is 10.5 Å². The van der Waals surface area contributed by atoms with Gasteiger partial charge in [0, 0.05) is 11.6 Å². The van der Waals surface area contributed by atoms with Gasteiger partial charge in [0.05, 0.1) is 0 Å². The Balaban J connectivity index is 1.66. The van der Waals surface area contributed by atoms with Gasteiger partial charge in [0.2, 0.25) is 0 Å². The van der Waals surface area contributed by atoms with Crippen LogP contribution in [0.4, 0.5) is 0 Å². The molecule has 2 nitrogen and oxygen atoms in total. The van der Waals surface area contributed by atoms with Crippen LogP contribution in [0.2, 0.25) is 0 Å². The Hall–Kier alpha value is -0.760. The maximum atomic E-state index is 5.80. The Morgan fingerprint density at radius 3 is 2.10 bits per heavy atom. The van der Waals surface area contributed by atoms with Crippen molar-refractivity contribution < 1.29 is 4.42 Å². The van der Waals surface area contributed by atoms with Crippen molar-refractivity contribution in [2.45, 2.75) is 52.0 Å². The van der Waals surface area contributed by atoms with Crippen LogP contribution < -0.4 is 5.32 Å². The molecule has 0 amide bonds. The third-order valence-electron chi connectivity index (χ3n) is 6.41. The molecule has 2 heteroatoms. The van der Waals surface area contributed by atoms with Crippen LogP contribution in [0, 0.1) is 43.4 Å². The fourth-order valence-corrected chi connectivity index (χ4v) is 6.03. The zero-order valence-electron chi connectivity index (χ0n) is 13.0. The van der Waals surface area contributed by atoms with Crippen LogP contribution in [0.3, 0.4) is 0 Å². The molecular formula is C18H27NO. The van der Waals surface area contributed by atoms with Crippen molar-refractivity contribution in [3.05, 3.63) is 23.2 Å². The van der Waals surface area contributed by atoms with Crippen molar-refractivity contribution in [1.82, 2.24) is 5.32 Å². The topological polar surface area (TPSA) is 25.2 Å². The van der Waals surface area contributed by atoms with Crippen molar-refractivity contribution in [1.29, 1.82) is 0 Å². The summed E-state index contributed by atoms with van der Waals surface area (Å²) in [6.45, 7) is 4.20. The Labute approximate surface area is 122 Å². The van der Waals surface area contributed by atoms with Gasteiger partial charge in [-0.3, -0.25) is 0 Å². The number of aryl methyl sites for hydroxylation is 2. The van der Waals surface area contributed by atoms with E-state index >= 15 is 0 Å². The third-order valence-corrected chi connectivity index (χ3v) is 6.41. The summed E-state index contributed by atoms with van der Waals surface area (Å²) in [5.74, 6) is 7.04. The fourth-order valence-electron chi connectivity index (χ4n) is 6.03. The monoisotopic (exact) mass is 273 g/mol. The highest BCUT2D eigenvalue weighted by Crippen LogP contribution is 2.59. The molecule has 110 valence electrons. The van der Waals surface area contributed by atoms with E-state index in [4.69, 9.17) is 4.42 Å². The van der Waals surface area contributed by atoms with Gasteiger partial charge in [-0.25, -0.2) is 0 Å². The number of hydrogen-bond donors (Lipinski definition) is 1. The molecule has 1 heterocycles. The van der Waals surface area contributed by atoms with Gasteiger partial charge in [0.25, 0.3) is 0 Å². The summed E-state index contributed by atoms with van der Waals surface area (Å²) in [5, 5.41) is 3.64. The van der Waals surface area contributed by atoms with Gasteiger partial charge in [-0.1, -0.05) is 0 Å². The normalized spacial score (nSPS) is 40.2. The first-order valence-corrected chi connectivity index (χ1v) is 8.40. The van der Waals surface area contributed by atoms with Crippen LogP contribution in [0.1, 0.15) is 55.2 Å². The van der Waals surface area contributed by atoms with Crippen LogP contribution in [0.5, 0.6) is 0 Å². The van der Waals surface area contributed by atoms with E-state index in [-0.39, 0.29) is 0 Å². The molecule has 1 unspecified atom stereocenters. The molecule has 1 aromatic heterocycles. The standard InChI is InChI=1S/C18H27NO/c1-10-4-16(11(2)20-10)18(19-3)17-14-6-12-5-13(8-14)9-15(17)7-12/h4,12-15,17-19H,5-9H2,1-3H3. The lowest BCUT2D eigenvalue weighted by Gasteiger charge is -2.56. The minimum absolute atomic E-state index is 0.502. The van der Waals surface area contributed by atoms with Gasteiger partial charge in [-0.15, -0.1) is 0 Å². The number of rotatable bonds is 3. The van der Waals surface area contributed by atoms with E-state index < -0.39 is 0 Å². The van der Waals surface area contributed by atoms with E-state index in [1.807, 2.05) is 0 Å². The SMILES string of the molecule is CNC(c1cc(C)oc1C)C1C2CC3CC(C2)CC1C3. The minimum atomic E-state index is 0.502. The van der Waals surface area contributed by atoms with Crippen LogP contribution in [-0.4, -0.2) is 7.05 Å². The van der Waals surface area contributed by atoms with Crippen molar-refractivity contribution in [2.24, 2.45) is 29.6 Å². The molecule has 0 aromatic carbocycles. The predicted octanol–water partition coefficient (Wildman–Crippen LogP) is 4.23. The fraction of sp³-hybridized carbons (Fsp3) is 0.778. The summed E-state index contributed by atoms with van der Waals surface area (Å²) >= 11 is 0. The summed E-state index contributed by atoms with van der Waals surface area (Å²) in [6, 6.07) is 2.77. The van der Waals surface area contributed by atoms with Gasteiger partial charge in [0.15, 0.2) is 0 Å². The molecule has 4 aliphatic carbocycles. The van der Waals surface area contributed by atoms with E-state index in [9.17, 15) is 0 Å². The van der Waals surface area contributed by atoms with Gasteiger partial charge in [-0.05, 0) is 88.7 Å². The lowest BCUT2D eigenvalue weighted by molar-refractivity contribution is -0.0517. The molecule has 4 fully saturated rings. The molecule has 4 saturated carbocycles. The molecule has 1 atom stereocenters. The molecule has 5 rings (SSSR count). The maximum absolute atomic E-state index is 5.80. The number of hydrogen-bond acceptors (Lipinski definition) is 2. The highest BCUT2D eigenvalue weighted by molar-refractivity contribution is 5.26. The van der Waals surface area contributed by atoms with Gasteiger partial charge in [-0.2, -0.15) is 0 Å². The molecule has 0 saturated heterocycles.